The second-order valence-electron chi connectivity index (χ2n) is 6.16. The van der Waals surface area contributed by atoms with Crippen molar-refractivity contribution in [2.75, 3.05) is 0 Å². The Hall–Kier alpha value is -1.22. The van der Waals surface area contributed by atoms with Crippen molar-refractivity contribution in [2.24, 2.45) is 0 Å². The van der Waals surface area contributed by atoms with Gasteiger partial charge in [-0.05, 0) is 40.9 Å². The molecule has 0 saturated heterocycles. The molecule has 0 spiro atoms. The third-order valence-electron chi connectivity index (χ3n) is 3.44. The summed E-state index contributed by atoms with van der Waals surface area (Å²) in [5, 5.41) is -7.12. The summed E-state index contributed by atoms with van der Waals surface area (Å²) >= 11 is 11.4. The van der Waals surface area contributed by atoms with Gasteiger partial charge in [-0.15, -0.1) is 0 Å². The molecule has 0 aliphatic heterocycles. The molecule has 10 heteroatoms. The zero-order valence-electron chi connectivity index (χ0n) is 16.2. The van der Waals surface area contributed by atoms with Crippen LogP contribution in [0.3, 0.4) is 0 Å². The molecule has 0 aromatic heterocycles. The molecule has 2 nitrogen and oxygen atoms in total. The van der Waals surface area contributed by atoms with Crippen LogP contribution >= 0.6 is 46.7 Å². The number of thioether (sulfide) groups is 2. The Morgan fingerprint density at radius 2 is 1.19 bits per heavy atom. The highest BCUT2D eigenvalue weighted by atomic mass is 35.5. The molecule has 0 N–H and O–H groups in total. The van der Waals surface area contributed by atoms with Crippen LogP contribution < -0.4 is 0 Å². The summed E-state index contributed by atoms with van der Waals surface area (Å²) in [4.78, 5) is 23.2. The molecular weight excluding hydrogens is 495 g/mol. The molecule has 0 bridgehead atoms. The highest BCUT2D eigenvalue weighted by Crippen LogP contribution is 2.28. The first-order chi connectivity index (χ1) is 14.4. The number of hydrogen-bond acceptors (Lipinski definition) is 4. The highest BCUT2D eigenvalue weighted by Gasteiger charge is 2.26. The van der Waals surface area contributed by atoms with Gasteiger partial charge in [0.1, 0.15) is 0 Å². The van der Waals surface area contributed by atoms with Gasteiger partial charge in [0.15, 0.2) is 10.2 Å². The third kappa shape index (κ3) is 16.1. The van der Waals surface area contributed by atoms with Gasteiger partial charge in [-0.25, -0.2) is 0 Å². The number of benzene rings is 2. The average molecular weight is 515 g/mol. The molecule has 0 atom stereocenters. The Morgan fingerprint density at radius 3 is 1.68 bits per heavy atom. The summed E-state index contributed by atoms with van der Waals surface area (Å²) in [6.45, 7) is 0. The van der Waals surface area contributed by atoms with Crippen molar-refractivity contribution in [1.82, 2.24) is 0 Å². The van der Waals surface area contributed by atoms with E-state index in [1.165, 1.54) is 0 Å². The van der Waals surface area contributed by atoms with Crippen LogP contribution in [0.4, 0.5) is 17.6 Å². The van der Waals surface area contributed by atoms with Gasteiger partial charge in [0, 0.05) is 36.3 Å². The van der Waals surface area contributed by atoms with Gasteiger partial charge < -0.3 is 0 Å². The van der Waals surface area contributed by atoms with Crippen molar-refractivity contribution in [1.29, 1.82) is 0 Å². The molecular formula is C21H20Cl2F4O2S2. The van der Waals surface area contributed by atoms with Gasteiger partial charge in [0.2, 0.25) is 0 Å². The van der Waals surface area contributed by atoms with Gasteiger partial charge in [0.05, 0.1) is 0 Å². The van der Waals surface area contributed by atoms with E-state index in [0.29, 0.717) is 5.75 Å². The van der Waals surface area contributed by atoms with Crippen molar-refractivity contribution >= 4 is 57.0 Å². The van der Waals surface area contributed by atoms with Crippen LogP contribution in [-0.4, -0.2) is 21.0 Å². The highest BCUT2D eigenvalue weighted by molar-refractivity contribution is 8.13. The second kappa shape index (κ2) is 14.0. The normalized spacial score (nSPS) is 11.4. The first kappa shape index (κ1) is 27.8. The van der Waals surface area contributed by atoms with E-state index in [1.807, 2.05) is 36.4 Å². The van der Waals surface area contributed by atoms with Crippen LogP contribution in [0, 0.1) is 0 Å². The van der Waals surface area contributed by atoms with E-state index in [4.69, 9.17) is 11.6 Å². The monoisotopic (exact) mass is 514 g/mol. The van der Waals surface area contributed by atoms with Crippen molar-refractivity contribution in [3.05, 3.63) is 66.2 Å². The molecule has 31 heavy (non-hydrogen) atoms. The summed E-state index contributed by atoms with van der Waals surface area (Å²) in [5.41, 5.74) is 0.999. The van der Waals surface area contributed by atoms with Crippen molar-refractivity contribution < 1.29 is 27.2 Å². The number of alkyl halides is 6. The Kier molecular flexibility index (Phi) is 12.6. The summed E-state index contributed by atoms with van der Waals surface area (Å²) < 4.78 is 49.0. The maximum atomic E-state index is 12.2. The first-order valence-corrected chi connectivity index (χ1v) is 11.6. The molecule has 0 amide bonds. The van der Waals surface area contributed by atoms with Gasteiger partial charge in [0.25, 0.3) is 0 Å². The maximum absolute atomic E-state index is 12.2. The lowest BCUT2D eigenvalue weighted by molar-refractivity contribution is -0.112. The van der Waals surface area contributed by atoms with E-state index >= 15 is 0 Å². The Bertz CT molecular complexity index is 799. The van der Waals surface area contributed by atoms with E-state index in [2.05, 4.69) is 11.6 Å². The van der Waals surface area contributed by atoms with E-state index in [-0.39, 0.29) is 23.1 Å². The number of carbonyl (C=O) groups excluding carboxylic acids is 2. The van der Waals surface area contributed by atoms with Crippen LogP contribution in [0.25, 0.3) is 0 Å². The largest absolute Gasteiger partial charge is 0.322 e. The van der Waals surface area contributed by atoms with Crippen molar-refractivity contribution in [2.45, 2.75) is 47.1 Å². The SMILES string of the molecule is O=C(CCC(F)(F)Cl)SCc1ccccc1.O=C(CCC(F)(F)Cl)Sc1ccccc1. The summed E-state index contributed by atoms with van der Waals surface area (Å²) in [7, 11) is 0. The average Bonchev–Trinajstić information content (AvgIpc) is 2.70. The summed E-state index contributed by atoms with van der Waals surface area (Å²) in [5.74, 6) is 0.507. The number of carbonyl (C=O) groups is 2. The minimum atomic E-state index is -3.28. The van der Waals surface area contributed by atoms with E-state index in [1.54, 1.807) is 24.3 Å². The molecule has 2 aromatic carbocycles. The van der Waals surface area contributed by atoms with Crippen LogP contribution in [0.2, 0.25) is 0 Å². The van der Waals surface area contributed by atoms with Crippen molar-refractivity contribution in [3.63, 3.8) is 0 Å². The third-order valence-corrected chi connectivity index (χ3v) is 5.76. The molecule has 0 unspecified atom stereocenters. The fourth-order valence-electron chi connectivity index (χ4n) is 1.97. The molecule has 0 heterocycles. The van der Waals surface area contributed by atoms with Gasteiger partial charge >= 0.3 is 10.8 Å². The summed E-state index contributed by atoms with van der Waals surface area (Å²) in [6, 6.07) is 18.3. The Morgan fingerprint density at radius 1 is 0.742 bits per heavy atom. The van der Waals surface area contributed by atoms with Crippen LogP contribution in [0.15, 0.2) is 65.6 Å². The molecule has 0 aliphatic carbocycles. The van der Waals surface area contributed by atoms with Crippen LogP contribution in [0.5, 0.6) is 0 Å². The fourth-order valence-corrected chi connectivity index (χ4v) is 3.68. The molecule has 0 radical (unpaired) electrons. The first-order valence-electron chi connectivity index (χ1n) is 9.03. The minimum absolute atomic E-state index is 0.200. The maximum Gasteiger partial charge on any atom is 0.322 e. The number of hydrogen-bond donors (Lipinski definition) is 0. The van der Waals surface area contributed by atoms with E-state index in [0.717, 1.165) is 34.0 Å². The lowest BCUT2D eigenvalue weighted by Crippen LogP contribution is -2.07. The predicted molar refractivity (Wildman–Crippen MR) is 120 cm³/mol. The minimum Gasteiger partial charge on any atom is -0.287 e. The molecule has 0 saturated carbocycles. The van der Waals surface area contributed by atoms with Crippen molar-refractivity contribution in [3.8, 4) is 0 Å². The lowest BCUT2D eigenvalue weighted by Gasteiger charge is -2.06. The van der Waals surface area contributed by atoms with Gasteiger partial charge in [-0.3, -0.25) is 9.59 Å². The standard InChI is InChI=1S/C11H11ClF2OS.C10H9ClF2OS/c12-11(13,14)7-6-10(15)16-8-9-4-2-1-3-5-9;11-10(12,13)7-6-9(14)15-8-4-2-1-3-5-8/h1-5H,6-8H2;1-5H,6-7H2. The zero-order valence-corrected chi connectivity index (χ0v) is 19.4. The van der Waals surface area contributed by atoms with E-state index < -0.39 is 23.6 Å². The quantitative estimate of drug-likeness (QED) is 0.193. The zero-order chi connectivity index (χ0) is 23.3. The molecule has 2 rings (SSSR count). The van der Waals surface area contributed by atoms with Gasteiger partial charge in [-0.1, -0.05) is 72.1 Å². The molecule has 2 aromatic rings. The number of rotatable bonds is 9. The smallest absolute Gasteiger partial charge is 0.287 e. The summed E-state index contributed by atoms with van der Waals surface area (Å²) in [6.07, 6.45) is -1.65. The predicted octanol–water partition coefficient (Wildman–Crippen LogP) is 7.98. The van der Waals surface area contributed by atoms with Gasteiger partial charge in [-0.2, -0.15) is 17.6 Å². The molecule has 0 aliphatic rings. The fraction of sp³-hybridized carbons (Fsp3) is 0.333. The topological polar surface area (TPSA) is 34.1 Å². The molecule has 170 valence electrons. The van der Waals surface area contributed by atoms with E-state index in [9.17, 15) is 27.2 Å². The Labute approximate surface area is 197 Å². The Balaban J connectivity index is 0.000000311. The lowest BCUT2D eigenvalue weighted by atomic mass is 10.2. The molecule has 0 fully saturated rings. The second-order valence-corrected chi connectivity index (χ2v) is 9.43. The van der Waals surface area contributed by atoms with Crippen LogP contribution in [-0.2, 0) is 15.3 Å². The van der Waals surface area contributed by atoms with Crippen LogP contribution in [0.1, 0.15) is 31.2 Å². The number of halogens is 6.